The molecular weight excluding hydrogens is 277 g/mol. The van der Waals surface area contributed by atoms with Crippen LogP contribution in [0.4, 0.5) is 10.1 Å². The first kappa shape index (κ1) is 10.9. The van der Waals surface area contributed by atoms with Gasteiger partial charge in [0, 0.05) is 5.69 Å². The molecule has 0 bridgehead atoms. The van der Waals surface area contributed by atoms with Crippen LogP contribution in [0.5, 0.6) is 0 Å². The Labute approximate surface area is 99.4 Å². The molecule has 2 rings (SSSR count). The molecule has 1 aromatic heterocycles. The lowest BCUT2D eigenvalue weighted by Gasteiger charge is -2.03. The fourth-order valence-electron chi connectivity index (χ4n) is 1.22. The van der Waals surface area contributed by atoms with Crippen molar-refractivity contribution in [1.82, 2.24) is 0 Å². The fourth-order valence-corrected chi connectivity index (χ4v) is 1.64. The number of carbonyl (C=O) groups is 1. The van der Waals surface area contributed by atoms with Gasteiger partial charge in [-0.25, -0.2) is 4.39 Å². The number of halogens is 2. The molecule has 0 aliphatic carbocycles. The van der Waals surface area contributed by atoms with Gasteiger partial charge in [0.2, 0.25) is 0 Å². The van der Waals surface area contributed by atoms with Crippen molar-refractivity contribution < 1.29 is 13.6 Å². The molecule has 0 spiro atoms. The van der Waals surface area contributed by atoms with Gasteiger partial charge < -0.3 is 9.73 Å². The van der Waals surface area contributed by atoms with Crippen LogP contribution in [-0.4, -0.2) is 5.91 Å². The summed E-state index contributed by atoms with van der Waals surface area (Å²) in [6.07, 6.45) is 1.39. The smallest absolute Gasteiger partial charge is 0.260 e. The predicted molar refractivity (Wildman–Crippen MR) is 60.8 cm³/mol. The summed E-state index contributed by atoms with van der Waals surface area (Å²) in [6, 6.07) is 7.21. The minimum Gasteiger partial charge on any atom is -0.457 e. The molecule has 0 saturated heterocycles. The normalized spacial score (nSPS) is 10.1. The molecule has 2 aromatic rings. The lowest BCUT2D eigenvalue weighted by molar-refractivity contribution is 0.102. The van der Waals surface area contributed by atoms with E-state index in [2.05, 4.69) is 21.2 Å². The van der Waals surface area contributed by atoms with Crippen molar-refractivity contribution in [2.75, 3.05) is 5.32 Å². The first-order valence-corrected chi connectivity index (χ1v) is 5.26. The molecule has 0 atom stereocenters. The quantitative estimate of drug-likeness (QED) is 0.918. The van der Waals surface area contributed by atoms with E-state index in [-0.39, 0.29) is 5.91 Å². The summed E-state index contributed by atoms with van der Waals surface area (Å²) < 4.78 is 18.1. The van der Waals surface area contributed by atoms with Gasteiger partial charge in [0.15, 0.2) is 4.67 Å². The third-order valence-corrected chi connectivity index (χ3v) is 2.56. The summed E-state index contributed by atoms with van der Waals surface area (Å²) in [5.41, 5.74) is 0.766. The van der Waals surface area contributed by atoms with Gasteiger partial charge in [0.25, 0.3) is 5.91 Å². The van der Waals surface area contributed by atoms with Crippen molar-refractivity contribution in [3.8, 4) is 0 Å². The average molecular weight is 284 g/mol. The van der Waals surface area contributed by atoms with Gasteiger partial charge in [-0.2, -0.15) is 0 Å². The molecule has 1 N–H and O–H groups in total. The Kier molecular flexibility index (Phi) is 3.05. The third-order valence-electron chi connectivity index (χ3n) is 1.95. The predicted octanol–water partition coefficient (Wildman–Crippen LogP) is 3.43. The van der Waals surface area contributed by atoms with E-state index in [1.807, 2.05) is 0 Å². The van der Waals surface area contributed by atoms with E-state index < -0.39 is 5.82 Å². The molecule has 1 heterocycles. The Balaban J connectivity index is 2.17. The minimum absolute atomic E-state index is 0.349. The Hall–Kier alpha value is -1.62. The van der Waals surface area contributed by atoms with E-state index >= 15 is 0 Å². The van der Waals surface area contributed by atoms with Gasteiger partial charge in [-0.3, -0.25) is 4.79 Å². The molecule has 82 valence electrons. The Morgan fingerprint density at radius 1 is 1.38 bits per heavy atom. The standard InChI is InChI=1S/C11H7BrFNO2/c12-10-9(4-5-16-10)11(15)14-8-3-1-2-7(13)6-8/h1-6H,(H,14,15). The number of nitrogens with one attached hydrogen (secondary N) is 1. The summed E-state index contributed by atoms with van der Waals surface area (Å²) in [4.78, 5) is 11.7. The number of amides is 1. The number of benzene rings is 1. The molecule has 1 amide bonds. The van der Waals surface area contributed by atoms with Crippen molar-refractivity contribution >= 4 is 27.5 Å². The van der Waals surface area contributed by atoms with Crippen molar-refractivity contribution in [3.05, 3.63) is 52.6 Å². The van der Waals surface area contributed by atoms with Crippen LogP contribution in [0.2, 0.25) is 0 Å². The molecule has 3 nitrogen and oxygen atoms in total. The molecule has 0 radical (unpaired) electrons. The number of carbonyl (C=O) groups excluding carboxylic acids is 1. The lowest BCUT2D eigenvalue weighted by Crippen LogP contribution is -2.11. The second-order valence-corrected chi connectivity index (χ2v) is 3.79. The third kappa shape index (κ3) is 2.30. The number of hydrogen-bond donors (Lipinski definition) is 1. The van der Waals surface area contributed by atoms with Crippen LogP contribution in [0, 0.1) is 5.82 Å². The summed E-state index contributed by atoms with van der Waals surface area (Å²) in [6.45, 7) is 0. The second kappa shape index (κ2) is 4.49. The number of hydrogen-bond acceptors (Lipinski definition) is 2. The van der Waals surface area contributed by atoms with Crippen LogP contribution < -0.4 is 5.32 Å². The van der Waals surface area contributed by atoms with Crippen LogP contribution in [0.25, 0.3) is 0 Å². The highest BCUT2D eigenvalue weighted by atomic mass is 79.9. The van der Waals surface area contributed by atoms with Gasteiger partial charge in [-0.1, -0.05) is 6.07 Å². The average Bonchev–Trinajstić information content (AvgIpc) is 2.64. The first-order valence-electron chi connectivity index (χ1n) is 4.47. The molecule has 0 aliphatic heterocycles. The molecule has 5 heteroatoms. The summed E-state index contributed by atoms with van der Waals surface area (Å²) >= 11 is 3.09. The van der Waals surface area contributed by atoms with E-state index in [4.69, 9.17) is 4.42 Å². The highest BCUT2D eigenvalue weighted by Gasteiger charge is 2.12. The number of anilines is 1. The van der Waals surface area contributed by atoms with Crippen molar-refractivity contribution in [3.63, 3.8) is 0 Å². The summed E-state index contributed by atoms with van der Waals surface area (Å²) in [5, 5.41) is 2.56. The van der Waals surface area contributed by atoms with E-state index in [0.717, 1.165) is 0 Å². The highest BCUT2D eigenvalue weighted by Crippen LogP contribution is 2.19. The maximum atomic E-state index is 12.9. The molecule has 16 heavy (non-hydrogen) atoms. The van der Waals surface area contributed by atoms with Crippen LogP contribution >= 0.6 is 15.9 Å². The van der Waals surface area contributed by atoms with E-state index in [1.165, 1.54) is 30.5 Å². The SMILES string of the molecule is O=C(Nc1cccc(F)c1)c1ccoc1Br. The van der Waals surface area contributed by atoms with Crippen LogP contribution in [0.15, 0.2) is 45.7 Å². The van der Waals surface area contributed by atoms with Crippen LogP contribution in [0.3, 0.4) is 0 Å². The largest absolute Gasteiger partial charge is 0.457 e. The maximum absolute atomic E-state index is 12.9. The topological polar surface area (TPSA) is 42.2 Å². The molecule has 1 aromatic carbocycles. The molecule has 0 fully saturated rings. The van der Waals surface area contributed by atoms with Gasteiger partial charge in [0.05, 0.1) is 11.8 Å². The maximum Gasteiger partial charge on any atom is 0.260 e. The van der Waals surface area contributed by atoms with Gasteiger partial charge >= 0.3 is 0 Å². The van der Waals surface area contributed by atoms with E-state index in [9.17, 15) is 9.18 Å². The zero-order chi connectivity index (χ0) is 11.5. The molecular formula is C11H7BrFNO2. The van der Waals surface area contributed by atoms with Gasteiger partial charge in [-0.05, 0) is 40.2 Å². The number of furan rings is 1. The highest BCUT2D eigenvalue weighted by molar-refractivity contribution is 9.10. The first-order chi connectivity index (χ1) is 7.66. The van der Waals surface area contributed by atoms with E-state index in [1.54, 1.807) is 6.07 Å². The Morgan fingerprint density at radius 3 is 2.81 bits per heavy atom. The van der Waals surface area contributed by atoms with Gasteiger partial charge in [0.1, 0.15) is 5.82 Å². The molecule has 0 saturated carbocycles. The van der Waals surface area contributed by atoms with Crippen molar-refractivity contribution in [2.24, 2.45) is 0 Å². The van der Waals surface area contributed by atoms with Crippen molar-refractivity contribution in [2.45, 2.75) is 0 Å². The fraction of sp³-hybridized carbons (Fsp3) is 0. The van der Waals surface area contributed by atoms with Crippen LogP contribution in [0.1, 0.15) is 10.4 Å². The zero-order valence-corrected chi connectivity index (χ0v) is 9.62. The Morgan fingerprint density at radius 2 is 2.19 bits per heavy atom. The minimum atomic E-state index is -0.399. The van der Waals surface area contributed by atoms with Crippen molar-refractivity contribution in [1.29, 1.82) is 0 Å². The summed E-state index contributed by atoms with van der Waals surface area (Å²) in [7, 11) is 0. The second-order valence-electron chi connectivity index (χ2n) is 3.07. The van der Waals surface area contributed by atoms with Gasteiger partial charge in [-0.15, -0.1) is 0 Å². The zero-order valence-electron chi connectivity index (χ0n) is 8.04. The van der Waals surface area contributed by atoms with Crippen LogP contribution in [-0.2, 0) is 0 Å². The molecule has 0 aliphatic rings. The number of rotatable bonds is 2. The molecule has 0 unspecified atom stereocenters. The Bertz CT molecular complexity index is 524. The summed E-state index contributed by atoms with van der Waals surface area (Å²) in [5.74, 6) is -0.754. The monoisotopic (exact) mass is 283 g/mol. The lowest BCUT2D eigenvalue weighted by atomic mass is 10.2. The van der Waals surface area contributed by atoms with E-state index in [0.29, 0.717) is 15.9 Å².